The van der Waals surface area contributed by atoms with Gasteiger partial charge in [-0.2, -0.15) is 0 Å². The highest BCUT2D eigenvalue weighted by atomic mass is 79.9. The lowest BCUT2D eigenvalue weighted by molar-refractivity contribution is 0.997. The molecule has 0 unspecified atom stereocenters. The summed E-state index contributed by atoms with van der Waals surface area (Å²) >= 11 is 3.50. The van der Waals surface area contributed by atoms with Crippen molar-refractivity contribution in [1.29, 1.82) is 0 Å². The average molecular weight is 314 g/mol. The molecule has 0 bridgehead atoms. The Bertz CT molecular complexity index is 726. The maximum atomic E-state index is 6.01. The van der Waals surface area contributed by atoms with Crippen molar-refractivity contribution in [2.75, 3.05) is 5.73 Å². The van der Waals surface area contributed by atoms with Gasteiger partial charge < -0.3 is 5.73 Å². The van der Waals surface area contributed by atoms with Crippen LogP contribution in [0.4, 0.5) is 5.82 Å². The minimum Gasteiger partial charge on any atom is -0.383 e. The van der Waals surface area contributed by atoms with Crippen molar-refractivity contribution in [2.24, 2.45) is 0 Å². The number of rotatable bonds is 2. The Morgan fingerprint density at radius 1 is 0.947 bits per heavy atom. The Labute approximate surface area is 119 Å². The van der Waals surface area contributed by atoms with Crippen LogP contribution in [-0.2, 0) is 6.42 Å². The van der Waals surface area contributed by atoms with Crippen molar-refractivity contribution in [1.82, 2.24) is 9.97 Å². The van der Waals surface area contributed by atoms with Gasteiger partial charge in [0, 0.05) is 16.3 Å². The molecule has 0 saturated heterocycles. The summed E-state index contributed by atoms with van der Waals surface area (Å²) in [6.45, 7) is 0. The number of nitrogen functional groups attached to an aromatic ring is 1. The van der Waals surface area contributed by atoms with E-state index < -0.39 is 0 Å². The highest BCUT2D eigenvalue weighted by Gasteiger charge is 2.08. The second kappa shape index (κ2) is 4.97. The quantitative estimate of drug-likeness (QED) is 0.787. The number of nitrogens with zero attached hydrogens (tertiary/aromatic N) is 2. The fraction of sp³-hybridized carbons (Fsp3) is 0.0667. The number of fused-ring (bicyclic) bond motifs is 1. The maximum Gasteiger partial charge on any atom is 0.135 e. The van der Waals surface area contributed by atoms with Crippen LogP contribution in [0.15, 0.2) is 53.0 Å². The third-order valence-electron chi connectivity index (χ3n) is 2.96. The zero-order valence-corrected chi connectivity index (χ0v) is 11.8. The summed E-state index contributed by atoms with van der Waals surface area (Å²) in [7, 11) is 0. The third kappa shape index (κ3) is 2.44. The largest absolute Gasteiger partial charge is 0.383 e. The Kier molecular flexibility index (Phi) is 3.17. The first-order chi connectivity index (χ1) is 9.24. The summed E-state index contributed by atoms with van der Waals surface area (Å²) in [5, 5.41) is 0.881. The number of halogens is 1. The van der Waals surface area contributed by atoms with Gasteiger partial charge in [0.05, 0.1) is 5.52 Å². The van der Waals surface area contributed by atoms with E-state index in [-0.39, 0.29) is 0 Å². The van der Waals surface area contributed by atoms with Crippen LogP contribution in [0, 0.1) is 0 Å². The molecule has 0 aliphatic rings. The van der Waals surface area contributed by atoms with Crippen molar-refractivity contribution in [2.45, 2.75) is 6.42 Å². The smallest absolute Gasteiger partial charge is 0.135 e. The van der Waals surface area contributed by atoms with Gasteiger partial charge in [-0.05, 0) is 33.6 Å². The first-order valence-electron chi connectivity index (χ1n) is 5.98. The molecule has 4 heteroatoms. The SMILES string of the molecule is Nc1nc(Cc2ccccc2)nc2c(Br)cccc12. The van der Waals surface area contributed by atoms with Crippen LogP contribution in [0.5, 0.6) is 0 Å². The molecule has 0 atom stereocenters. The Balaban J connectivity index is 2.08. The lowest BCUT2D eigenvalue weighted by Crippen LogP contribution is -2.02. The first-order valence-corrected chi connectivity index (χ1v) is 6.78. The Morgan fingerprint density at radius 3 is 2.53 bits per heavy atom. The molecule has 2 aromatic carbocycles. The van der Waals surface area contributed by atoms with E-state index >= 15 is 0 Å². The van der Waals surface area contributed by atoms with Crippen LogP contribution in [0.3, 0.4) is 0 Å². The molecule has 0 fully saturated rings. The molecule has 0 spiro atoms. The van der Waals surface area contributed by atoms with Gasteiger partial charge in [-0.25, -0.2) is 9.97 Å². The van der Waals surface area contributed by atoms with Crippen LogP contribution >= 0.6 is 15.9 Å². The van der Waals surface area contributed by atoms with Gasteiger partial charge in [0.25, 0.3) is 0 Å². The summed E-state index contributed by atoms with van der Waals surface area (Å²) in [5.41, 5.74) is 8.04. The minimum absolute atomic E-state index is 0.525. The molecule has 1 aromatic heterocycles. The molecule has 94 valence electrons. The number of benzene rings is 2. The Morgan fingerprint density at radius 2 is 1.74 bits per heavy atom. The van der Waals surface area contributed by atoms with E-state index in [4.69, 9.17) is 5.73 Å². The fourth-order valence-electron chi connectivity index (χ4n) is 2.05. The number of aromatic nitrogens is 2. The average Bonchev–Trinajstić information content (AvgIpc) is 2.41. The van der Waals surface area contributed by atoms with E-state index in [2.05, 4.69) is 38.0 Å². The summed E-state index contributed by atoms with van der Waals surface area (Å²) in [6.07, 6.45) is 0.683. The second-order valence-corrected chi connectivity index (χ2v) is 5.18. The molecule has 1 heterocycles. The van der Waals surface area contributed by atoms with Crippen LogP contribution in [0.1, 0.15) is 11.4 Å². The van der Waals surface area contributed by atoms with Crippen LogP contribution in [0.2, 0.25) is 0 Å². The maximum absolute atomic E-state index is 6.01. The van der Waals surface area contributed by atoms with Crippen LogP contribution in [-0.4, -0.2) is 9.97 Å². The van der Waals surface area contributed by atoms with E-state index in [0.717, 1.165) is 21.2 Å². The van der Waals surface area contributed by atoms with E-state index in [1.165, 1.54) is 5.56 Å². The van der Waals surface area contributed by atoms with Gasteiger partial charge in [-0.15, -0.1) is 0 Å². The van der Waals surface area contributed by atoms with E-state index in [0.29, 0.717) is 12.2 Å². The summed E-state index contributed by atoms with van der Waals surface area (Å²) in [5.74, 6) is 1.26. The lowest BCUT2D eigenvalue weighted by atomic mass is 10.1. The molecule has 0 radical (unpaired) electrons. The summed E-state index contributed by atoms with van der Waals surface area (Å²) in [6, 6.07) is 16.0. The van der Waals surface area contributed by atoms with Gasteiger partial charge in [-0.1, -0.05) is 36.4 Å². The van der Waals surface area contributed by atoms with Crippen molar-refractivity contribution >= 4 is 32.7 Å². The highest BCUT2D eigenvalue weighted by molar-refractivity contribution is 9.10. The third-order valence-corrected chi connectivity index (χ3v) is 3.60. The van der Waals surface area contributed by atoms with Gasteiger partial charge in [-0.3, -0.25) is 0 Å². The predicted molar refractivity (Wildman–Crippen MR) is 80.9 cm³/mol. The normalized spacial score (nSPS) is 10.8. The van der Waals surface area contributed by atoms with Crippen LogP contribution < -0.4 is 5.73 Å². The molecular weight excluding hydrogens is 302 g/mol. The number of hydrogen-bond donors (Lipinski definition) is 1. The van der Waals surface area contributed by atoms with Crippen molar-refractivity contribution < 1.29 is 0 Å². The van der Waals surface area contributed by atoms with Gasteiger partial charge >= 0.3 is 0 Å². The zero-order chi connectivity index (χ0) is 13.2. The van der Waals surface area contributed by atoms with Crippen molar-refractivity contribution in [3.63, 3.8) is 0 Å². The minimum atomic E-state index is 0.525. The van der Waals surface area contributed by atoms with E-state index in [9.17, 15) is 0 Å². The van der Waals surface area contributed by atoms with Crippen LogP contribution in [0.25, 0.3) is 10.9 Å². The lowest BCUT2D eigenvalue weighted by Gasteiger charge is -2.06. The van der Waals surface area contributed by atoms with E-state index in [1.807, 2.05) is 36.4 Å². The molecule has 0 aliphatic heterocycles. The van der Waals surface area contributed by atoms with Crippen molar-refractivity contribution in [3.05, 3.63) is 64.4 Å². The summed E-state index contributed by atoms with van der Waals surface area (Å²) in [4.78, 5) is 8.98. The van der Waals surface area contributed by atoms with Gasteiger partial charge in [0.15, 0.2) is 0 Å². The van der Waals surface area contributed by atoms with Gasteiger partial charge in [0.2, 0.25) is 0 Å². The highest BCUT2D eigenvalue weighted by Crippen LogP contribution is 2.25. The molecule has 2 N–H and O–H groups in total. The molecular formula is C15H12BrN3. The molecule has 3 rings (SSSR count). The molecule has 3 aromatic rings. The zero-order valence-electron chi connectivity index (χ0n) is 10.2. The number of nitrogens with two attached hydrogens (primary N) is 1. The van der Waals surface area contributed by atoms with Crippen molar-refractivity contribution in [3.8, 4) is 0 Å². The molecule has 0 saturated carbocycles. The topological polar surface area (TPSA) is 51.8 Å². The second-order valence-electron chi connectivity index (χ2n) is 4.32. The monoisotopic (exact) mass is 313 g/mol. The van der Waals surface area contributed by atoms with Gasteiger partial charge in [0.1, 0.15) is 11.6 Å². The number of anilines is 1. The molecule has 3 nitrogen and oxygen atoms in total. The molecule has 0 amide bonds. The predicted octanol–water partition coefficient (Wildman–Crippen LogP) is 3.57. The first kappa shape index (κ1) is 12.1. The number of para-hydroxylation sites is 1. The standard InChI is InChI=1S/C15H12BrN3/c16-12-8-4-7-11-14(12)18-13(19-15(11)17)9-10-5-2-1-3-6-10/h1-8H,9H2,(H2,17,18,19). The molecule has 0 aliphatic carbocycles. The fourth-order valence-corrected chi connectivity index (χ4v) is 2.50. The number of hydrogen-bond acceptors (Lipinski definition) is 3. The summed E-state index contributed by atoms with van der Waals surface area (Å²) < 4.78 is 0.938. The molecule has 19 heavy (non-hydrogen) atoms. The Hall–Kier alpha value is -1.94. The van der Waals surface area contributed by atoms with E-state index in [1.54, 1.807) is 0 Å².